The van der Waals surface area contributed by atoms with Gasteiger partial charge in [0.05, 0.1) is 5.75 Å². The van der Waals surface area contributed by atoms with Gasteiger partial charge in [0, 0.05) is 5.69 Å². The minimum absolute atomic E-state index is 0.622. The second-order valence-electron chi connectivity index (χ2n) is 3.42. The van der Waals surface area contributed by atoms with Gasteiger partial charge < -0.3 is 4.52 Å². The van der Waals surface area contributed by atoms with E-state index in [9.17, 15) is 0 Å². The van der Waals surface area contributed by atoms with Crippen molar-refractivity contribution < 1.29 is 4.52 Å². The number of rotatable bonds is 3. The van der Waals surface area contributed by atoms with Crippen molar-refractivity contribution in [3.63, 3.8) is 0 Å². The molecule has 2 aromatic rings. The third-order valence-electron chi connectivity index (χ3n) is 1.86. The Morgan fingerprint density at radius 3 is 2.56 bits per heavy atom. The van der Waals surface area contributed by atoms with E-state index in [1.54, 1.807) is 18.7 Å². The minimum Gasteiger partial charge on any atom is -0.338 e. The van der Waals surface area contributed by atoms with Crippen molar-refractivity contribution in [3.8, 4) is 0 Å². The average molecular weight is 236 g/mol. The Morgan fingerprint density at radius 2 is 1.94 bits per heavy atom. The van der Waals surface area contributed by atoms with Crippen LogP contribution in [0.4, 0.5) is 0 Å². The Kier molecular flexibility index (Phi) is 3.19. The molecule has 0 spiro atoms. The zero-order chi connectivity index (χ0) is 11.5. The van der Waals surface area contributed by atoms with Crippen LogP contribution >= 0.6 is 11.8 Å². The number of nitrogens with zero attached hydrogens (tertiary/aromatic N) is 4. The number of aryl methyl sites for hydroxylation is 3. The van der Waals surface area contributed by atoms with Crippen molar-refractivity contribution in [3.05, 3.63) is 29.3 Å². The van der Waals surface area contributed by atoms with Crippen molar-refractivity contribution >= 4 is 11.8 Å². The third kappa shape index (κ3) is 2.79. The average Bonchev–Trinajstić information content (AvgIpc) is 2.60. The number of aromatic nitrogens is 4. The van der Waals surface area contributed by atoms with E-state index in [1.165, 1.54) is 0 Å². The molecule has 0 N–H and O–H groups in total. The Balaban J connectivity index is 2.04. The molecular formula is C10H12N4OS. The van der Waals surface area contributed by atoms with E-state index in [0.29, 0.717) is 17.5 Å². The fourth-order valence-electron chi connectivity index (χ4n) is 1.29. The summed E-state index contributed by atoms with van der Waals surface area (Å²) in [6.45, 7) is 5.64. The lowest BCUT2D eigenvalue weighted by molar-refractivity contribution is 0.387. The predicted molar refractivity (Wildman–Crippen MR) is 60.1 cm³/mol. The summed E-state index contributed by atoms with van der Waals surface area (Å²) >= 11 is 1.57. The fraction of sp³-hybridized carbons (Fsp3) is 0.400. The van der Waals surface area contributed by atoms with E-state index in [4.69, 9.17) is 4.52 Å². The summed E-state index contributed by atoms with van der Waals surface area (Å²) in [7, 11) is 0. The quantitative estimate of drug-likeness (QED) is 0.600. The van der Waals surface area contributed by atoms with E-state index in [2.05, 4.69) is 20.1 Å². The van der Waals surface area contributed by atoms with Crippen molar-refractivity contribution in [2.45, 2.75) is 31.6 Å². The zero-order valence-corrected chi connectivity index (χ0v) is 10.2. The molecule has 0 amide bonds. The summed E-state index contributed by atoms with van der Waals surface area (Å²) in [6.07, 6.45) is 0. The highest BCUT2D eigenvalue weighted by Gasteiger charge is 2.05. The second-order valence-corrected chi connectivity index (χ2v) is 4.41. The second kappa shape index (κ2) is 4.61. The number of hydrogen-bond acceptors (Lipinski definition) is 6. The molecule has 5 nitrogen and oxygen atoms in total. The van der Waals surface area contributed by atoms with Crippen LogP contribution in [0.3, 0.4) is 0 Å². The van der Waals surface area contributed by atoms with Crippen LogP contribution in [-0.2, 0) is 5.75 Å². The lowest BCUT2D eigenvalue weighted by atomic mass is 10.4. The molecule has 0 radical (unpaired) electrons. The van der Waals surface area contributed by atoms with Gasteiger partial charge in [-0.15, -0.1) is 0 Å². The Morgan fingerprint density at radius 1 is 1.12 bits per heavy atom. The lowest BCUT2D eigenvalue weighted by Gasteiger charge is -2.00. The first-order valence-electron chi connectivity index (χ1n) is 4.88. The molecule has 0 aliphatic heterocycles. The molecule has 0 aliphatic carbocycles. The van der Waals surface area contributed by atoms with E-state index < -0.39 is 0 Å². The van der Waals surface area contributed by atoms with Crippen LogP contribution in [0.5, 0.6) is 0 Å². The monoisotopic (exact) mass is 236 g/mol. The van der Waals surface area contributed by atoms with Gasteiger partial charge in [-0.3, -0.25) is 0 Å². The highest BCUT2D eigenvalue weighted by Crippen LogP contribution is 2.20. The largest absolute Gasteiger partial charge is 0.338 e. The summed E-state index contributed by atoms with van der Waals surface area (Å²) < 4.78 is 5.02. The first kappa shape index (κ1) is 11.1. The highest BCUT2D eigenvalue weighted by atomic mass is 32.2. The van der Waals surface area contributed by atoms with E-state index in [0.717, 1.165) is 16.5 Å². The van der Waals surface area contributed by atoms with Crippen LogP contribution in [0.25, 0.3) is 0 Å². The molecule has 0 bridgehead atoms. The highest BCUT2D eigenvalue weighted by molar-refractivity contribution is 7.98. The molecule has 16 heavy (non-hydrogen) atoms. The van der Waals surface area contributed by atoms with Crippen LogP contribution in [0.1, 0.15) is 23.2 Å². The molecule has 0 unspecified atom stereocenters. The first-order chi connectivity index (χ1) is 7.63. The van der Waals surface area contributed by atoms with Crippen molar-refractivity contribution in [2.24, 2.45) is 0 Å². The zero-order valence-electron chi connectivity index (χ0n) is 9.39. The molecule has 0 saturated carbocycles. The van der Waals surface area contributed by atoms with Crippen LogP contribution in [0.15, 0.2) is 15.6 Å². The van der Waals surface area contributed by atoms with Crippen LogP contribution < -0.4 is 0 Å². The summed E-state index contributed by atoms with van der Waals surface area (Å²) in [4.78, 5) is 12.7. The molecule has 2 aromatic heterocycles. The van der Waals surface area contributed by atoms with Gasteiger partial charge in [-0.2, -0.15) is 4.98 Å². The molecule has 0 aliphatic rings. The predicted octanol–water partition coefficient (Wildman–Crippen LogP) is 2.08. The van der Waals surface area contributed by atoms with Crippen LogP contribution in [-0.4, -0.2) is 20.1 Å². The SMILES string of the molecule is Cc1cc(SCc2nc(C)no2)nc(C)n1. The first-order valence-corrected chi connectivity index (χ1v) is 5.86. The van der Waals surface area contributed by atoms with Crippen molar-refractivity contribution in [1.29, 1.82) is 0 Å². The van der Waals surface area contributed by atoms with Crippen molar-refractivity contribution in [1.82, 2.24) is 20.1 Å². The standard InChI is InChI=1S/C10H12N4OS/c1-6-4-10(13-7(2)11-6)16-5-9-12-8(3)14-15-9/h4H,5H2,1-3H3. The summed E-state index contributed by atoms with van der Waals surface area (Å²) in [5, 5.41) is 4.66. The summed E-state index contributed by atoms with van der Waals surface area (Å²) in [5.41, 5.74) is 0.969. The van der Waals surface area contributed by atoms with E-state index in [-0.39, 0.29) is 0 Å². The Labute approximate surface area is 97.7 Å². The maximum Gasteiger partial charge on any atom is 0.237 e. The Hall–Kier alpha value is -1.43. The third-order valence-corrected chi connectivity index (χ3v) is 2.75. The minimum atomic E-state index is 0.622. The number of thioether (sulfide) groups is 1. The number of hydrogen-bond donors (Lipinski definition) is 0. The van der Waals surface area contributed by atoms with Gasteiger partial charge in [0.2, 0.25) is 5.89 Å². The summed E-state index contributed by atoms with van der Waals surface area (Å²) in [5.74, 6) is 2.70. The smallest absolute Gasteiger partial charge is 0.237 e. The molecule has 2 heterocycles. The molecule has 0 saturated heterocycles. The van der Waals surface area contributed by atoms with Crippen LogP contribution in [0.2, 0.25) is 0 Å². The maximum absolute atomic E-state index is 5.02. The van der Waals surface area contributed by atoms with Gasteiger partial charge >= 0.3 is 0 Å². The lowest BCUT2D eigenvalue weighted by Crippen LogP contribution is -1.93. The van der Waals surface area contributed by atoms with E-state index >= 15 is 0 Å². The van der Waals surface area contributed by atoms with Crippen molar-refractivity contribution in [2.75, 3.05) is 0 Å². The topological polar surface area (TPSA) is 64.7 Å². The summed E-state index contributed by atoms with van der Waals surface area (Å²) in [6, 6.07) is 1.95. The molecule has 0 aromatic carbocycles. The molecule has 0 fully saturated rings. The van der Waals surface area contributed by atoms with Gasteiger partial charge in [0.1, 0.15) is 10.9 Å². The molecule has 2 rings (SSSR count). The maximum atomic E-state index is 5.02. The van der Waals surface area contributed by atoms with Crippen LogP contribution in [0, 0.1) is 20.8 Å². The molecule has 84 valence electrons. The fourth-order valence-corrected chi connectivity index (χ4v) is 2.13. The normalized spacial score (nSPS) is 10.7. The molecule has 6 heteroatoms. The van der Waals surface area contributed by atoms with Gasteiger partial charge in [0.15, 0.2) is 5.82 Å². The van der Waals surface area contributed by atoms with Gasteiger partial charge in [-0.05, 0) is 26.8 Å². The Bertz CT molecular complexity index is 477. The van der Waals surface area contributed by atoms with E-state index in [1.807, 2.05) is 19.9 Å². The molecule has 0 atom stereocenters. The van der Waals surface area contributed by atoms with Gasteiger partial charge in [-0.1, -0.05) is 16.9 Å². The van der Waals surface area contributed by atoms with Gasteiger partial charge in [-0.25, -0.2) is 9.97 Å². The molecular weight excluding hydrogens is 224 g/mol. The van der Waals surface area contributed by atoms with Gasteiger partial charge in [0.25, 0.3) is 0 Å².